The lowest BCUT2D eigenvalue weighted by Crippen LogP contribution is -2.58. The van der Waals surface area contributed by atoms with Crippen molar-refractivity contribution >= 4 is 5.57 Å². The van der Waals surface area contributed by atoms with Crippen LogP contribution in [0.25, 0.3) is 5.57 Å². The van der Waals surface area contributed by atoms with Gasteiger partial charge in [-0.25, -0.2) is 0 Å². The van der Waals surface area contributed by atoms with E-state index in [2.05, 4.69) is 0 Å². The predicted octanol–water partition coefficient (Wildman–Crippen LogP) is 2.43. The van der Waals surface area contributed by atoms with Crippen molar-refractivity contribution in [2.75, 3.05) is 0 Å². The first-order valence-electron chi connectivity index (χ1n) is 5.42. The average molecular weight is 254 g/mol. The smallest absolute Gasteiger partial charge is 0.309 e. The summed E-state index contributed by atoms with van der Waals surface area (Å²) in [6.07, 6.45) is -0.658. The van der Waals surface area contributed by atoms with Gasteiger partial charge in [0.1, 0.15) is 5.92 Å². The van der Waals surface area contributed by atoms with E-state index in [9.17, 15) is 13.2 Å². The Bertz CT molecular complexity index is 487. The van der Waals surface area contributed by atoms with Crippen LogP contribution >= 0.6 is 0 Å². The molecule has 1 aliphatic carbocycles. The molecule has 5 heteroatoms. The van der Waals surface area contributed by atoms with Crippen molar-refractivity contribution in [3.63, 3.8) is 0 Å². The van der Waals surface area contributed by atoms with Crippen molar-refractivity contribution in [1.82, 2.24) is 0 Å². The largest absolute Gasteiger partial charge is 0.398 e. The molecule has 2 rings (SSSR count). The van der Waals surface area contributed by atoms with Crippen LogP contribution in [0.5, 0.6) is 0 Å². The molecule has 0 fully saturated rings. The number of alkyl halides is 3. The van der Waals surface area contributed by atoms with Crippen LogP contribution in [0, 0.1) is 5.92 Å². The third-order valence-corrected chi connectivity index (χ3v) is 2.90. The van der Waals surface area contributed by atoms with Crippen molar-refractivity contribution in [2.24, 2.45) is 17.4 Å². The predicted molar refractivity (Wildman–Crippen MR) is 64.2 cm³/mol. The topological polar surface area (TPSA) is 52.0 Å². The highest BCUT2D eigenvalue weighted by atomic mass is 19.4. The highest BCUT2D eigenvalue weighted by Crippen LogP contribution is 2.38. The lowest BCUT2D eigenvalue weighted by Gasteiger charge is -2.33. The van der Waals surface area contributed by atoms with Gasteiger partial charge in [0.05, 0.1) is 5.66 Å². The van der Waals surface area contributed by atoms with E-state index in [-0.39, 0.29) is 0 Å². The maximum Gasteiger partial charge on any atom is 0.398 e. The summed E-state index contributed by atoms with van der Waals surface area (Å²) in [7, 11) is 0. The summed E-state index contributed by atoms with van der Waals surface area (Å²) >= 11 is 0. The first-order valence-corrected chi connectivity index (χ1v) is 5.42. The average Bonchev–Trinajstić information content (AvgIpc) is 2.28. The van der Waals surface area contributed by atoms with Gasteiger partial charge in [0.15, 0.2) is 0 Å². The van der Waals surface area contributed by atoms with Crippen LogP contribution in [0.15, 0.2) is 48.6 Å². The van der Waals surface area contributed by atoms with Crippen LogP contribution in [-0.4, -0.2) is 11.8 Å². The van der Waals surface area contributed by atoms with Gasteiger partial charge < -0.3 is 11.5 Å². The fourth-order valence-corrected chi connectivity index (χ4v) is 1.92. The maximum absolute atomic E-state index is 12.9. The van der Waals surface area contributed by atoms with Gasteiger partial charge in [0.25, 0.3) is 0 Å². The number of allylic oxidation sites excluding steroid dienone is 2. The zero-order chi connectivity index (χ0) is 13.4. The van der Waals surface area contributed by atoms with E-state index in [1.165, 1.54) is 12.2 Å². The Balaban J connectivity index is 2.41. The normalized spacial score (nSPS) is 22.7. The zero-order valence-electron chi connectivity index (χ0n) is 9.48. The van der Waals surface area contributed by atoms with Gasteiger partial charge in [-0.1, -0.05) is 42.5 Å². The fourth-order valence-electron chi connectivity index (χ4n) is 1.92. The molecule has 0 aliphatic heterocycles. The van der Waals surface area contributed by atoms with E-state index >= 15 is 0 Å². The molecule has 2 nitrogen and oxygen atoms in total. The van der Waals surface area contributed by atoms with E-state index in [1.54, 1.807) is 30.3 Å². The van der Waals surface area contributed by atoms with Crippen molar-refractivity contribution in [2.45, 2.75) is 11.8 Å². The highest BCUT2D eigenvalue weighted by Gasteiger charge is 2.48. The molecule has 0 radical (unpaired) electrons. The molecule has 4 N–H and O–H groups in total. The van der Waals surface area contributed by atoms with Gasteiger partial charge in [-0.2, -0.15) is 13.2 Å². The molecular formula is C13H13F3N2. The van der Waals surface area contributed by atoms with Gasteiger partial charge in [-0.05, 0) is 17.2 Å². The second-order valence-electron chi connectivity index (χ2n) is 4.34. The molecule has 1 atom stereocenters. The van der Waals surface area contributed by atoms with Crippen molar-refractivity contribution < 1.29 is 13.2 Å². The standard InChI is InChI=1S/C13H13F3N2/c14-13(15,16)11-8-10(6-7-12(11,17)18)9-4-2-1-3-5-9/h1-8,11H,17-18H2. The van der Waals surface area contributed by atoms with Crippen molar-refractivity contribution in [3.05, 3.63) is 54.1 Å². The van der Waals surface area contributed by atoms with Crippen LogP contribution < -0.4 is 11.5 Å². The first kappa shape index (κ1) is 12.9. The minimum absolute atomic E-state index is 0.476. The fraction of sp³-hybridized carbons (Fsp3) is 0.231. The summed E-state index contributed by atoms with van der Waals surface area (Å²) in [5.41, 5.74) is 10.2. The van der Waals surface area contributed by atoms with Crippen LogP contribution in [0.4, 0.5) is 13.2 Å². The highest BCUT2D eigenvalue weighted by molar-refractivity contribution is 5.75. The number of benzene rings is 1. The second kappa shape index (κ2) is 4.26. The Labute approximate surface area is 103 Å². The number of hydrogen-bond donors (Lipinski definition) is 2. The minimum atomic E-state index is -4.46. The molecule has 0 saturated carbocycles. The summed E-state index contributed by atoms with van der Waals surface area (Å²) < 4.78 is 38.7. The van der Waals surface area contributed by atoms with Crippen LogP contribution in [0.3, 0.4) is 0 Å². The quantitative estimate of drug-likeness (QED) is 0.756. The minimum Gasteiger partial charge on any atom is -0.309 e. The van der Waals surface area contributed by atoms with Crippen LogP contribution in [-0.2, 0) is 0 Å². The monoisotopic (exact) mass is 254 g/mol. The Hall–Kier alpha value is -1.59. The molecule has 96 valence electrons. The molecule has 0 saturated heterocycles. The molecule has 0 amide bonds. The summed E-state index contributed by atoms with van der Waals surface area (Å²) in [6, 6.07) is 8.81. The molecule has 0 bridgehead atoms. The molecule has 1 aromatic rings. The maximum atomic E-state index is 12.9. The summed E-state index contributed by atoms with van der Waals surface area (Å²) in [6.45, 7) is 0. The third-order valence-electron chi connectivity index (χ3n) is 2.90. The zero-order valence-corrected chi connectivity index (χ0v) is 9.48. The van der Waals surface area contributed by atoms with E-state index < -0.39 is 17.8 Å². The Morgan fingerprint density at radius 1 is 1.06 bits per heavy atom. The van der Waals surface area contributed by atoms with E-state index in [1.807, 2.05) is 0 Å². The lowest BCUT2D eigenvalue weighted by molar-refractivity contribution is -0.172. The molecular weight excluding hydrogens is 241 g/mol. The Kier molecular flexibility index (Phi) is 3.04. The Morgan fingerprint density at radius 2 is 1.67 bits per heavy atom. The second-order valence-corrected chi connectivity index (χ2v) is 4.34. The number of halogens is 3. The molecule has 1 aliphatic rings. The van der Waals surface area contributed by atoms with Gasteiger partial charge in [-0.15, -0.1) is 0 Å². The van der Waals surface area contributed by atoms with Gasteiger partial charge >= 0.3 is 6.18 Å². The molecule has 1 unspecified atom stereocenters. The number of hydrogen-bond acceptors (Lipinski definition) is 2. The van der Waals surface area contributed by atoms with E-state index in [0.29, 0.717) is 11.1 Å². The molecule has 0 heterocycles. The van der Waals surface area contributed by atoms with Crippen LogP contribution in [0.1, 0.15) is 5.56 Å². The molecule has 0 spiro atoms. The first-order chi connectivity index (χ1) is 8.31. The van der Waals surface area contributed by atoms with E-state index in [4.69, 9.17) is 11.5 Å². The summed E-state index contributed by atoms with van der Waals surface area (Å²) in [4.78, 5) is 0. The summed E-state index contributed by atoms with van der Waals surface area (Å²) in [5, 5.41) is 0. The lowest BCUT2D eigenvalue weighted by atomic mass is 9.84. The number of nitrogens with two attached hydrogens (primary N) is 2. The van der Waals surface area contributed by atoms with Crippen molar-refractivity contribution in [3.8, 4) is 0 Å². The van der Waals surface area contributed by atoms with Gasteiger partial charge in [0, 0.05) is 0 Å². The van der Waals surface area contributed by atoms with Crippen LogP contribution in [0.2, 0.25) is 0 Å². The number of rotatable bonds is 1. The molecule has 1 aromatic carbocycles. The summed E-state index contributed by atoms with van der Waals surface area (Å²) in [5.74, 6) is -1.88. The van der Waals surface area contributed by atoms with E-state index in [0.717, 1.165) is 6.08 Å². The van der Waals surface area contributed by atoms with Crippen molar-refractivity contribution in [1.29, 1.82) is 0 Å². The Morgan fingerprint density at radius 3 is 2.22 bits per heavy atom. The van der Waals surface area contributed by atoms with Gasteiger partial charge in [-0.3, -0.25) is 0 Å². The molecule has 0 aromatic heterocycles. The van der Waals surface area contributed by atoms with Gasteiger partial charge in [0.2, 0.25) is 0 Å². The SMILES string of the molecule is NC1(N)C=CC(c2ccccc2)=CC1C(F)(F)F. The third kappa shape index (κ3) is 2.47. The molecule has 18 heavy (non-hydrogen) atoms.